The lowest BCUT2D eigenvalue weighted by Crippen LogP contribution is -2.41. The Morgan fingerprint density at radius 3 is 2.39 bits per heavy atom. The number of carbonyl (C=O) groups is 2. The molecular formula is C18H27N3O2. The zero-order valence-electron chi connectivity index (χ0n) is 14.3. The predicted octanol–water partition coefficient (Wildman–Crippen LogP) is 2.49. The molecule has 0 spiro atoms. The largest absolute Gasteiger partial charge is 0.356 e. The first-order valence-electron chi connectivity index (χ1n) is 8.31. The van der Waals surface area contributed by atoms with Gasteiger partial charge >= 0.3 is 0 Å². The van der Waals surface area contributed by atoms with Crippen molar-refractivity contribution in [1.29, 1.82) is 0 Å². The minimum atomic E-state index is 0.0183. The Hall–Kier alpha value is -1.91. The Labute approximate surface area is 138 Å². The van der Waals surface area contributed by atoms with E-state index in [1.807, 2.05) is 4.90 Å². The van der Waals surface area contributed by atoms with Crippen molar-refractivity contribution in [3.63, 3.8) is 0 Å². The van der Waals surface area contributed by atoms with Crippen molar-refractivity contribution >= 4 is 11.8 Å². The lowest BCUT2D eigenvalue weighted by molar-refractivity contribution is -0.123. The average Bonchev–Trinajstić information content (AvgIpc) is 2.52. The van der Waals surface area contributed by atoms with E-state index in [0.29, 0.717) is 24.4 Å². The summed E-state index contributed by atoms with van der Waals surface area (Å²) >= 11 is 0. The molecule has 0 saturated carbocycles. The number of piperidine rings is 1. The van der Waals surface area contributed by atoms with Gasteiger partial charge in [0, 0.05) is 44.0 Å². The van der Waals surface area contributed by atoms with Crippen molar-refractivity contribution in [2.24, 2.45) is 11.3 Å². The number of nitrogens with zero attached hydrogens (tertiary/aromatic N) is 2. The molecule has 0 atom stereocenters. The van der Waals surface area contributed by atoms with Crippen molar-refractivity contribution in [3.8, 4) is 0 Å². The van der Waals surface area contributed by atoms with Crippen molar-refractivity contribution in [2.75, 3.05) is 19.6 Å². The molecule has 1 aliphatic heterocycles. The van der Waals surface area contributed by atoms with E-state index in [4.69, 9.17) is 0 Å². The Kier molecular flexibility index (Phi) is 5.74. The number of likely N-dealkylation sites (tertiary alicyclic amines) is 1. The number of hydrogen-bond acceptors (Lipinski definition) is 3. The maximum absolute atomic E-state index is 12.4. The second-order valence-electron chi connectivity index (χ2n) is 7.51. The third kappa shape index (κ3) is 5.66. The van der Waals surface area contributed by atoms with E-state index in [1.54, 1.807) is 24.5 Å². The fourth-order valence-corrected chi connectivity index (χ4v) is 2.82. The molecule has 0 bridgehead atoms. The van der Waals surface area contributed by atoms with Gasteiger partial charge in [0.25, 0.3) is 5.91 Å². The minimum absolute atomic E-state index is 0.0183. The molecule has 23 heavy (non-hydrogen) atoms. The van der Waals surface area contributed by atoms with Crippen molar-refractivity contribution in [3.05, 3.63) is 30.1 Å². The molecule has 0 aliphatic carbocycles. The average molecular weight is 317 g/mol. The highest BCUT2D eigenvalue weighted by molar-refractivity contribution is 5.94. The van der Waals surface area contributed by atoms with Crippen LogP contribution in [0.4, 0.5) is 0 Å². The molecule has 2 amide bonds. The van der Waals surface area contributed by atoms with Crippen LogP contribution in [-0.4, -0.2) is 41.3 Å². The zero-order valence-corrected chi connectivity index (χ0v) is 14.3. The molecule has 5 heteroatoms. The molecular weight excluding hydrogens is 290 g/mol. The second kappa shape index (κ2) is 7.57. The van der Waals surface area contributed by atoms with Gasteiger partial charge in [0.2, 0.25) is 5.91 Å². The first-order chi connectivity index (χ1) is 10.8. The van der Waals surface area contributed by atoms with Crippen LogP contribution in [0.5, 0.6) is 0 Å². The maximum atomic E-state index is 12.4. The summed E-state index contributed by atoms with van der Waals surface area (Å²) in [6.45, 7) is 8.41. The van der Waals surface area contributed by atoms with E-state index in [9.17, 15) is 9.59 Å². The van der Waals surface area contributed by atoms with Crippen LogP contribution < -0.4 is 5.32 Å². The maximum Gasteiger partial charge on any atom is 0.253 e. The summed E-state index contributed by atoms with van der Waals surface area (Å²) in [4.78, 5) is 30.1. The quantitative estimate of drug-likeness (QED) is 0.928. The summed E-state index contributed by atoms with van der Waals surface area (Å²) in [5.74, 6) is 0.649. The van der Waals surface area contributed by atoms with Gasteiger partial charge in [-0.3, -0.25) is 14.6 Å². The van der Waals surface area contributed by atoms with E-state index in [0.717, 1.165) is 25.9 Å². The number of aromatic nitrogens is 1. The van der Waals surface area contributed by atoms with E-state index >= 15 is 0 Å². The third-order valence-corrected chi connectivity index (χ3v) is 4.11. The van der Waals surface area contributed by atoms with Crippen LogP contribution in [0.1, 0.15) is 50.4 Å². The topological polar surface area (TPSA) is 62.3 Å². The number of pyridine rings is 1. The van der Waals surface area contributed by atoms with Crippen LogP contribution in [0.15, 0.2) is 24.5 Å². The Morgan fingerprint density at radius 1 is 1.22 bits per heavy atom. The molecule has 5 nitrogen and oxygen atoms in total. The van der Waals surface area contributed by atoms with Crippen molar-refractivity contribution < 1.29 is 9.59 Å². The molecule has 1 saturated heterocycles. The molecule has 126 valence electrons. The van der Waals surface area contributed by atoms with E-state index < -0.39 is 0 Å². The van der Waals surface area contributed by atoms with Crippen LogP contribution in [0, 0.1) is 11.3 Å². The van der Waals surface area contributed by atoms with E-state index in [2.05, 4.69) is 31.1 Å². The molecule has 1 N–H and O–H groups in total. The summed E-state index contributed by atoms with van der Waals surface area (Å²) in [6, 6.07) is 3.50. The summed E-state index contributed by atoms with van der Waals surface area (Å²) < 4.78 is 0. The molecule has 1 aromatic rings. The fourth-order valence-electron chi connectivity index (χ4n) is 2.82. The standard InChI is InChI=1S/C18H27N3O2/c1-18(2,3)12-16(22)20-13-14-6-10-21(11-7-14)17(23)15-4-8-19-9-5-15/h4-5,8-9,14H,6-7,10-13H2,1-3H3,(H,20,22). The van der Waals surface area contributed by atoms with Gasteiger partial charge < -0.3 is 10.2 Å². The van der Waals surface area contributed by atoms with Crippen LogP contribution in [0.3, 0.4) is 0 Å². The highest BCUT2D eigenvalue weighted by Crippen LogP contribution is 2.20. The van der Waals surface area contributed by atoms with Crippen LogP contribution in [0.2, 0.25) is 0 Å². The fraction of sp³-hybridized carbons (Fsp3) is 0.611. The van der Waals surface area contributed by atoms with Gasteiger partial charge in [0.05, 0.1) is 0 Å². The van der Waals surface area contributed by atoms with Gasteiger partial charge in [-0.2, -0.15) is 0 Å². The molecule has 0 aromatic carbocycles. The molecule has 2 heterocycles. The number of carbonyl (C=O) groups excluding carboxylic acids is 2. The van der Waals surface area contributed by atoms with Gasteiger partial charge in [-0.15, -0.1) is 0 Å². The molecule has 0 unspecified atom stereocenters. The summed E-state index contributed by atoms with van der Waals surface area (Å²) in [5.41, 5.74) is 0.710. The van der Waals surface area contributed by atoms with Crippen molar-refractivity contribution in [2.45, 2.75) is 40.0 Å². The SMILES string of the molecule is CC(C)(C)CC(=O)NCC1CCN(C(=O)c2ccncc2)CC1. The predicted molar refractivity (Wildman–Crippen MR) is 89.9 cm³/mol. The second-order valence-corrected chi connectivity index (χ2v) is 7.51. The lowest BCUT2D eigenvalue weighted by atomic mass is 9.91. The van der Waals surface area contributed by atoms with Crippen molar-refractivity contribution in [1.82, 2.24) is 15.2 Å². The normalized spacial score (nSPS) is 16.2. The lowest BCUT2D eigenvalue weighted by Gasteiger charge is -2.32. The van der Waals surface area contributed by atoms with E-state index in [-0.39, 0.29) is 17.2 Å². The zero-order chi connectivity index (χ0) is 16.9. The summed E-state index contributed by atoms with van der Waals surface area (Å²) in [7, 11) is 0. The summed E-state index contributed by atoms with van der Waals surface area (Å²) in [6.07, 6.45) is 5.71. The Bertz CT molecular complexity index is 529. The Balaban J connectivity index is 1.74. The van der Waals surface area contributed by atoms with Gasteiger partial charge in [-0.05, 0) is 36.3 Å². The third-order valence-electron chi connectivity index (χ3n) is 4.11. The van der Waals surface area contributed by atoms with Gasteiger partial charge in [-0.25, -0.2) is 0 Å². The number of rotatable bonds is 4. The Morgan fingerprint density at radius 2 is 1.83 bits per heavy atom. The van der Waals surface area contributed by atoms with Crippen LogP contribution >= 0.6 is 0 Å². The van der Waals surface area contributed by atoms with Gasteiger partial charge in [-0.1, -0.05) is 20.8 Å². The highest BCUT2D eigenvalue weighted by Gasteiger charge is 2.24. The number of nitrogens with one attached hydrogen (secondary N) is 1. The number of hydrogen-bond donors (Lipinski definition) is 1. The molecule has 1 aromatic heterocycles. The molecule has 0 radical (unpaired) electrons. The van der Waals surface area contributed by atoms with Crippen LogP contribution in [-0.2, 0) is 4.79 Å². The smallest absolute Gasteiger partial charge is 0.253 e. The molecule has 1 fully saturated rings. The van der Waals surface area contributed by atoms with Crippen LogP contribution in [0.25, 0.3) is 0 Å². The first kappa shape index (κ1) is 17.4. The minimum Gasteiger partial charge on any atom is -0.356 e. The van der Waals surface area contributed by atoms with E-state index in [1.165, 1.54) is 0 Å². The van der Waals surface area contributed by atoms with Gasteiger partial charge in [0.1, 0.15) is 0 Å². The molecule has 2 rings (SSSR count). The van der Waals surface area contributed by atoms with Gasteiger partial charge in [0.15, 0.2) is 0 Å². The monoisotopic (exact) mass is 317 g/mol. The number of amides is 2. The first-order valence-corrected chi connectivity index (χ1v) is 8.31. The molecule has 1 aliphatic rings. The summed E-state index contributed by atoms with van der Waals surface area (Å²) in [5, 5.41) is 3.03. The highest BCUT2D eigenvalue weighted by atomic mass is 16.2.